The number of urea groups is 1. The average molecular weight is 416 g/mol. The molecule has 30 heavy (non-hydrogen) atoms. The van der Waals surface area contributed by atoms with Gasteiger partial charge in [0.1, 0.15) is 0 Å². The topological polar surface area (TPSA) is 70.2 Å². The first kappa shape index (κ1) is 18.6. The van der Waals surface area contributed by atoms with Crippen LogP contribution in [0.2, 0.25) is 0 Å². The van der Waals surface area contributed by atoms with Crippen molar-refractivity contribution in [2.45, 2.75) is 0 Å². The van der Waals surface area contributed by atoms with Crippen LogP contribution >= 0.6 is 11.3 Å². The van der Waals surface area contributed by atoms with E-state index in [0.717, 1.165) is 28.2 Å². The minimum atomic E-state index is -0.0108. The van der Waals surface area contributed by atoms with E-state index in [0.29, 0.717) is 25.6 Å². The minimum Gasteiger partial charge on any atom is -0.352 e. The zero-order valence-corrected chi connectivity index (χ0v) is 17.2. The molecule has 7 heteroatoms. The van der Waals surface area contributed by atoms with Gasteiger partial charge in [0.2, 0.25) is 5.95 Å². The zero-order valence-electron chi connectivity index (χ0n) is 16.3. The number of benzene rings is 2. The van der Waals surface area contributed by atoms with Crippen LogP contribution in [-0.4, -0.2) is 47.1 Å². The Morgan fingerprint density at radius 1 is 1.07 bits per heavy atom. The van der Waals surface area contributed by atoms with Gasteiger partial charge in [-0.2, -0.15) is 0 Å². The predicted molar refractivity (Wildman–Crippen MR) is 122 cm³/mol. The molecule has 5 rings (SSSR count). The van der Waals surface area contributed by atoms with E-state index in [1.54, 1.807) is 16.2 Å². The molecule has 1 aliphatic rings. The third kappa shape index (κ3) is 3.59. The molecule has 150 valence electrons. The highest BCUT2D eigenvalue weighted by molar-refractivity contribution is 7.13. The van der Waals surface area contributed by atoms with E-state index in [2.05, 4.69) is 69.5 Å². The molecule has 1 fully saturated rings. The maximum absolute atomic E-state index is 11.7. The van der Waals surface area contributed by atoms with Crippen LogP contribution in [-0.2, 0) is 0 Å². The van der Waals surface area contributed by atoms with Gasteiger partial charge in [-0.3, -0.25) is 0 Å². The molecule has 0 bridgehead atoms. The Kier molecular flexibility index (Phi) is 5.03. The molecular weight excluding hydrogens is 394 g/mol. The van der Waals surface area contributed by atoms with E-state index in [9.17, 15) is 4.79 Å². The van der Waals surface area contributed by atoms with Crippen LogP contribution in [0.25, 0.3) is 32.5 Å². The first-order valence-corrected chi connectivity index (χ1v) is 10.8. The second-order valence-corrected chi connectivity index (χ2v) is 8.05. The number of aromatic nitrogens is 2. The summed E-state index contributed by atoms with van der Waals surface area (Å²) in [6, 6.07) is 18.8. The average Bonchev–Trinajstić information content (AvgIpc) is 3.46. The van der Waals surface area contributed by atoms with Crippen molar-refractivity contribution in [3.8, 4) is 21.7 Å². The van der Waals surface area contributed by atoms with E-state index in [1.165, 1.54) is 10.8 Å². The number of hydrogen-bond donors (Lipinski definition) is 2. The number of carbonyl (C=O) groups is 1. The lowest BCUT2D eigenvalue weighted by Gasteiger charge is -2.15. The summed E-state index contributed by atoms with van der Waals surface area (Å²) >= 11 is 1.66. The molecule has 0 aliphatic carbocycles. The number of rotatable bonds is 6. The van der Waals surface area contributed by atoms with Crippen LogP contribution in [0.1, 0.15) is 0 Å². The summed E-state index contributed by atoms with van der Waals surface area (Å²) in [5, 5.41) is 10.5. The quantitative estimate of drug-likeness (QED) is 0.488. The molecule has 0 unspecified atom stereocenters. The summed E-state index contributed by atoms with van der Waals surface area (Å²) in [4.78, 5) is 24.0. The normalized spacial score (nSPS) is 13.6. The van der Waals surface area contributed by atoms with Gasteiger partial charge in [-0.05, 0) is 27.8 Å². The number of nitrogens with one attached hydrogen (secondary N) is 2. The number of fused-ring (bicyclic) bond motifs is 1. The molecule has 1 saturated heterocycles. The summed E-state index contributed by atoms with van der Waals surface area (Å²) in [5.41, 5.74) is 3.05. The van der Waals surface area contributed by atoms with E-state index in [1.807, 2.05) is 12.3 Å². The van der Waals surface area contributed by atoms with Crippen molar-refractivity contribution >= 4 is 34.1 Å². The zero-order chi connectivity index (χ0) is 20.3. The molecule has 0 saturated carbocycles. The van der Waals surface area contributed by atoms with Gasteiger partial charge in [-0.25, -0.2) is 14.8 Å². The Morgan fingerprint density at radius 2 is 1.97 bits per heavy atom. The van der Waals surface area contributed by atoms with Crippen molar-refractivity contribution in [1.29, 1.82) is 0 Å². The first-order chi connectivity index (χ1) is 14.8. The van der Waals surface area contributed by atoms with Crippen molar-refractivity contribution in [2.75, 3.05) is 31.5 Å². The van der Waals surface area contributed by atoms with Crippen molar-refractivity contribution in [3.63, 3.8) is 0 Å². The second kappa shape index (κ2) is 8.12. The van der Waals surface area contributed by atoms with Crippen LogP contribution in [0.15, 0.2) is 66.2 Å². The monoisotopic (exact) mass is 415 g/mol. The Hall–Kier alpha value is -3.45. The Balaban J connectivity index is 1.48. The smallest absolute Gasteiger partial charge is 0.317 e. The van der Waals surface area contributed by atoms with Crippen LogP contribution in [0.5, 0.6) is 0 Å². The standard InChI is InChI=1S/C23H21N5OS/c29-23-25-11-13-28(23)12-10-24-22-26-15-19(21(27-22)20-9-4-14-30-20)18-8-3-6-16-5-1-2-7-17(16)18/h1-9,14-15H,10-13H2,(H,25,29)(H,24,26,27). The van der Waals surface area contributed by atoms with Gasteiger partial charge in [-0.15, -0.1) is 11.3 Å². The first-order valence-electron chi connectivity index (χ1n) is 9.95. The molecule has 6 nitrogen and oxygen atoms in total. The van der Waals surface area contributed by atoms with Crippen LogP contribution in [0.3, 0.4) is 0 Å². The number of carbonyl (C=O) groups excluding carboxylic acids is 1. The summed E-state index contributed by atoms with van der Waals surface area (Å²) in [6.07, 6.45) is 1.90. The van der Waals surface area contributed by atoms with Crippen LogP contribution < -0.4 is 10.6 Å². The molecule has 0 atom stereocenters. The molecular formula is C23H21N5OS. The second-order valence-electron chi connectivity index (χ2n) is 7.11. The Labute approximate surface area is 178 Å². The Morgan fingerprint density at radius 3 is 2.80 bits per heavy atom. The molecule has 1 aliphatic heterocycles. The number of anilines is 1. The summed E-state index contributed by atoms with van der Waals surface area (Å²) in [6.45, 7) is 2.67. The lowest BCUT2D eigenvalue weighted by atomic mass is 9.98. The van der Waals surface area contributed by atoms with Gasteiger partial charge < -0.3 is 15.5 Å². The van der Waals surface area contributed by atoms with Crippen molar-refractivity contribution in [2.24, 2.45) is 0 Å². The minimum absolute atomic E-state index is 0.0108. The highest BCUT2D eigenvalue weighted by Gasteiger charge is 2.19. The fourth-order valence-electron chi connectivity index (χ4n) is 3.75. The number of amides is 2. The maximum Gasteiger partial charge on any atom is 0.317 e. The van der Waals surface area contributed by atoms with Gasteiger partial charge in [0.25, 0.3) is 0 Å². The molecule has 2 aromatic carbocycles. The van der Waals surface area contributed by atoms with Gasteiger partial charge >= 0.3 is 6.03 Å². The molecule has 2 N–H and O–H groups in total. The van der Waals surface area contributed by atoms with Crippen LogP contribution in [0.4, 0.5) is 10.7 Å². The number of thiophene rings is 1. The van der Waals surface area contributed by atoms with Gasteiger partial charge in [0.15, 0.2) is 0 Å². The van der Waals surface area contributed by atoms with Crippen molar-refractivity contribution in [1.82, 2.24) is 20.2 Å². The summed E-state index contributed by atoms with van der Waals surface area (Å²) < 4.78 is 0. The van der Waals surface area contributed by atoms with Crippen molar-refractivity contribution < 1.29 is 4.79 Å². The largest absolute Gasteiger partial charge is 0.352 e. The lowest BCUT2D eigenvalue weighted by Crippen LogP contribution is -2.32. The van der Waals surface area contributed by atoms with E-state index < -0.39 is 0 Å². The SMILES string of the molecule is O=C1NCCN1CCNc1ncc(-c2cccc3ccccc23)c(-c2cccs2)n1. The van der Waals surface area contributed by atoms with Gasteiger partial charge in [0, 0.05) is 37.9 Å². The fourth-order valence-corrected chi connectivity index (χ4v) is 4.48. The molecule has 3 heterocycles. The molecule has 2 amide bonds. The lowest BCUT2D eigenvalue weighted by molar-refractivity contribution is 0.219. The highest BCUT2D eigenvalue weighted by Crippen LogP contribution is 2.36. The maximum atomic E-state index is 11.7. The van der Waals surface area contributed by atoms with Gasteiger partial charge in [0.05, 0.1) is 10.6 Å². The summed E-state index contributed by atoms with van der Waals surface area (Å²) in [5.74, 6) is 0.571. The van der Waals surface area contributed by atoms with Gasteiger partial charge in [-0.1, -0.05) is 48.5 Å². The van der Waals surface area contributed by atoms with Crippen molar-refractivity contribution in [3.05, 3.63) is 66.2 Å². The highest BCUT2D eigenvalue weighted by atomic mass is 32.1. The third-order valence-electron chi connectivity index (χ3n) is 5.23. The number of hydrogen-bond acceptors (Lipinski definition) is 5. The van der Waals surface area contributed by atoms with E-state index >= 15 is 0 Å². The van der Waals surface area contributed by atoms with E-state index in [-0.39, 0.29) is 6.03 Å². The van der Waals surface area contributed by atoms with E-state index in [4.69, 9.17) is 4.98 Å². The Bertz CT molecular complexity index is 1190. The molecule has 2 aromatic heterocycles. The molecule has 4 aromatic rings. The van der Waals surface area contributed by atoms with Crippen LogP contribution in [0, 0.1) is 0 Å². The number of nitrogens with zero attached hydrogens (tertiary/aromatic N) is 3. The predicted octanol–water partition coefficient (Wildman–Crippen LogP) is 4.46. The fraction of sp³-hybridized carbons (Fsp3) is 0.174. The molecule has 0 radical (unpaired) electrons. The molecule has 0 spiro atoms. The summed E-state index contributed by atoms with van der Waals surface area (Å²) in [7, 11) is 0. The third-order valence-corrected chi connectivity index (χ3v) is 6.11.